The third kappa shape index (κ3) is 10.9. The number of benzene rings is 4. The Labute approximate surface area is 342 Å². The highest BCUT2D eigenvalue weighted by Gasteiger charge is 2.33. The highest BCUT2D eigenvalue weighted by molar-refractivity contribution is 6.26. The molecular formula is C44H49N3O12. The normalized spacial score (nSPS) is 12.6. The fraction of sp³-hybridized carbons (Fsp3) is 0.364. The summed E-state index contributed by atoms with van der Waals surface area (Å²) in [5.74, 6) is -2.96. The van der Waals surface area contributed by atoms with Gasteiger partial charge in [0.25, 0.3) is 11.8 Å². The van der Waals surface area contributed by atoms with Crippen LogP contribution in [0.4, 0.5) is 11.4 Å². The molecule has 15 heteroatoms. The van der Waals surface area contributed by atoms with Crippen LogP contribution in [0.5, 0.6) is 5.75 Å². The van der Waals surface area contributed by atoms with E-state index in [0.29, 0.717) is 50.9 Å². The molecule has 312 valence electrons. The predicted molar refractivity (Wildman–Crippen MR) is 217 cm³/mol. The molecule has 1 atom stereocenters. The van der Waals surface area contributed by atoms with Crippen molar-refractivity contribution in [1.29, 1.82) is 0 Å². The summed E-state index contributed by atoms with van der Waals surface area (Å²) in [6.45, 7) is 8.34. The number of aliphatic hydroxyl groups is 1. The number of carbonyl (C=O) groups excluding carboxylic acids is 6. The number of carbonyl (C=O) groups is 6. The molecule has 15 nitrogen and oxygen atoms in total. The molecule has 0 radical (unpaired) electrons. The van der Waals surface area contributed by atoms with Crippen molar-refractivity contribution in [2.45, 2.75) is 47.3 Å². The monoisotopic (exact) mass is 811 g/mol. The maximum Gasteiger partial charge on any atom is 0.344 e. The minimum Gasteiger partial charge on any atom is -0.480 e. The van der Waals surface area contributed by atoms with Gasteiger partial charge in [0.1, 0.15) is 18.8 Å². The Balaban J connectivity index is 1.35. The molecule has 0 bridgehead atoms. The SMILES string of the molecule is CCOC(=O)COc1cc(C(O)CNc2ccc3c4c(cccc24)C(=O)N(Cc2ccc(C(=O)OCC(C)C)cc2)C3=O)ccc1N(CC(=O)OCC)CC(=O)OCC. The maximum absolute atomic E-state index is 13.8. The molecule has 0 saturated heterocycles. The summed E-state index contributed by atoms with van der Waals surface area (Å²) in [7, 11) is 0. The molecule has 0 spiro atoms. The number of aliphatic hydroxyl groups excluding tert-OH is 1. The highest BCUT2D eigenvalue weighted by atomic mass is 16.6. The van der Waals surface area contributed by atoms with Crippen molar-refractivity contribution in [2.75, 3.05) is 62.9 Å². The zero-order chi connectivity index (χ0) is 42.6. The largest absolute Gasteiger partial charge is 0.480 e. The van der Waals surface area contributed by atoms with Gasteiger partial charge in [0.05, 0.1) is 50.3 Å². The number of nitrogens with one attached hydrogen (secondary N) is 1. The van der Waals surface area contributed by atoms with Gasteiger partial charge in [0, 0.05) is 34.1 Å². The molecule has 2 amide bonds. The van der Waals surface area contributed by atoms with Crippen molar-refractivity contribution in [2.24, 2.45) is 5.92 Å². The third-order valence-corrected chi connectivity index (χ3v) is 9.17. The van der Waals surface area contributed by atoms with Crippen LogP contribution in [-0.4, -0.2) is 98.4 Å². The number of imide groups is 1. The number of esters is 4. The molecule has 1 unspecified atom stereocenters. The van der Waals surface area contributed by atoms with E-state index < -0.39 is 48.4 Å². The van der Waals surface area contributed by atoms with Crippen LogP contribution in [-0.2, 0) is 39.9 Å². The first-order valence-corrected chi connectivity index (χ1v) is 19.4. The molecular weight excluding hydrogens is 762 g/mol. The van der Waals surface area contributed by atoms with E-state index in [2.05, 4.69) is 5.32 Å². The Morgan fingerprint density at radius 3 is 2.02 bits per heavy atom. The summed E-state index contributed by atoms with van der Waals surface area (Å²) < 4.78 is 26.4. The van der Waals surface area contributed by atoms with E-state index in [1.165, 1.54) is 15.9 Å². The van der Waals surface area contributed by atoms with Gasteiger partial charge in [0.15, 0.2) is 6.61 Å². The van der Waals surface area contributed by atoms with Crippen LogP contribution in [0.1, 0.15) is 82.9 Å². The van der Waals surface area contributed by atoms with Crippen molar-refractivity contribution in [3.63, 3.8) is 0 Å². The second-order valence-corrected chi connectivity index (χ2v) is 14.0. The van der Waals surface area contributed by atoms with Gasteiger partial charge in [-0.25, -0.2) is 9.59 Å². The van der Waals surface area contributed by atoms with Crippen molar-refractivity contribution in [3.05, 3.63) is 101 Å². The van der Waals surface area contributed by atoms with Crippen LogP contribution in [0.2, 0.25) is 0 Å². The zero-order valence-corrected chi connectivity index (χ0v) is 33.8. The quantitative estimate of drug-likeness (QED) is 0.0650. The van der Waals surface area contributed by atoms with Gasteiger partial charge in [0.2, 0.25) is 0 Å². The molecule has 4 aromatic carbocycles. The Morgan fingerprint density at radius 2 is 1.39 bits per heavy atom. The average molecular weight is 812 g/mol. The Hall–Kier alpha value is -6.48. The fourth-order valence-corrected chi connectivity index (χ4v) is 6.43. The van der Waals surface area contributed by atoms with Crippen molar-refractivity contribution in [1.82, 2.24) is 4.90 Å². The van der Waals surface area contributed by atoms with Crippen LogP contribution in [0.25, 0.3) is 10.8 Å². The third-order valence-electron chi connectivity index (χ3n) is 9.17. The van der Waals surface area contributed by atoms with Crippen LogP contribution < -0.4 is 15.0 Å². The number of rotatable bonds is 20. The van der Waals surface area contributed by atoms with E-state index in [-0.39, 0.29) is 63.4 Å². The highest BCUT2D eigenvalue weighted by Crippen LogP contribution is 2.36. The topological polar surface area (TPSA) is 187 Å². The minimum atomic E-state index is -1.15. The predicted octanol–water partition coefficient (Wildman–Crippen LogP) is 5.47. The minimum absolute atomic E-state index is 0.00526. The Bertz CT molecular complexity index is 2140. The van der Waals surface area contributed by atoms with Gasteiger partial charge in [-0.15, -0.1) is 0 Å². The van der Waals surface area contributed by atoms with E-state index in [4.69, 9.17) is 23.7 Å². The van der Waals surface area contributed by atoms with Gasteiger partial charge in [-0.3, -0.25) is 24.1 Å². The first-order chi connectivity index (χ1) is 28.3. The van der Waals surface area contributed by atoms with Crippen molar-refractivity contribution in [3.8, 4) is 5.75 Å². The van der Waals surface area contributed by atoms with E-state index in [1.54, 1.807) is 87.5 Å². The van der Waals surface area contributed by atoms with Crippen LogP contribution >= 0.6 is 0 Å². The molecule has 1 heterocycles. The van der Waals surface area contributed by atoms with E-state index in [9.17, 15) is 33.9 Å². The number of ether oxygens (including phenoxy) is 5. The molecule has 0 aromatic heterocycles. The van der Waals surface area contributed by atoms with Gasteiger partial charge in [-0.1, -0.05) is 44.2 Å². The van der Waals surface area contributed by atoms with Gasteiger partial charge < -0.3 is 39.0 Å². The smallest absolute Gasteiger partial charge is 0.344 e. The molecule has 2 N–H and O–H groups in total. The molecule has 4 aromatic rings. The van der Waals surface area contributed by atoms with Crippen LogP contribution in [0, 0.1) is 5.92 Å². The molecule has 0 aliphatic carbocycles. The zero-order valence-electron chi connectivity index (χ0n) is 33.8. The molecule has 0 fully saturated rings. The standard InChI is InChI=1S/C44H49N3O12/c1-6-55-38(49)23-46(24-39(50)56-7-2)35-19-16-30(20-37(35)58-26-40(51)57-8-3)36(48)21-45-34-18-17-33-41-31(34)10-9-11-32(41)42(52)47(43(33)53)22-28-12-14-29(15-13-28)44(54)59-25-27(4)5/h9-20,27,36,45,48H,6-8,21-26H2,1-5H3. The van der Waals surface area contributed by atoms with Crippen molar-refractivity contribution < 1.29 is 57.6 Å². The molecule has 59 heavy (non-hydrogen) atoms. The second kappa shape index (κ2) is 20.3. The summed E-state index contributed by atoms with van der Waals surface area (Å²) in [5, 5.41) is 15.7. The number of hydrogen-bond donors (Lipinski definition) is 2. The number of amides is 2. The van der Waals surface area contributed by atoms with Crippen LogP contribution in [0.3, 0.4) is 0 Å². The maximum atomic E-state index is 13.8. The lowest BCUT2D eigenvalue weighted by Gasteiger charge is -2.28. The molecule has 5 rings (SSSR count). The molecule has 0 saturated carbocycles. The van der Waals surface area contributed by atoms with E-state index >= 15 is 0 Å². The molecule has 1 aliphatic rings. The summed E-state index contributed by atoms with van der Waals surface area (Å²) in [4.78, 5) is 79.9. The van der Waals surface area contributed by atoms with Crippen molar-refractivity contribution >= 4 is 57.8 Å². The number of hydrogen-bond acceptors (Lipinski definition) is 14. The van der Waals surface area contributed by atoms with Crippen LogP contribution in [0.15, 0.2) is 72.8 Å². The van der Waals surface area contributed by atoms with Gasteiger partial charge in [-0.2, -0.15) is 0 Å². The van der Waals surface area contributed by atoms with Gasteiger partial charge >= 0.3 is 23.9 Å². The first-order valence-electron chi connectivity index (χ1n) is 19.4. The Kier molecular flexibility index (Phi) is 15.0. The lowest BCUT2D eigenvalue weighted by Crippen LogP contribution is -2.39. The fourth-order valence-electron chi connectivity index (χ4n) is 6.43. The number of nitrogens with zero attached hydrogens (tertiary/aromatic N) is 2. The van der Waals surface area contributed by atoms with E-state index in [1.807, 2.05) is 13.8 Å². The first kappa shape index (κ1) is 43.6. The second-order valence-electron chi connectivity index (χ2n) is 14.0. The summed E-state index contributed by atoms with van der Waals surface area (Å²) in [6.07, 6.45) is -1.15. The molecule has 1 aliphatic heterocycles. The lowest BCUT2D eigenvalue weighted by molar-refractivity contribution is -0.146. The number of anilines is 2. The summed E-state index contributed by atoms with van der Waals surface area (Å²) in [5.41, 5.74) is 2.90. The van der Waals surface area contributed by atoms with Gasteiger partial charge in [-0.05, 0) is 80.3 Å². The summed E-state index contributed by atoms with van der Waals surface area (Å²) in [6, 6.07) is 19.7. The lowest BCUT2D eigenvalue weighted by atomic mass is 9.92. The van der Waals surface area contributed by atoms with E-state index in [0.717, 1.165) is 0 Å². The average Bonchev–Trinajstić information content (AvgIpc) is 3.22. The summed E-state index contributed by atoms with van der Waals surface area (Å²) >= 11 is 0. The Morgan fingerprint density at radius 1 is 0.763 bits per heavy atom.